The minimum atomic E-state index is 0.0941. The second kappa shape index (κ2) is 7.70. The Morgan fingerprint density at radius 3 is 2.73 bits per heavy atom. The Bertz CT molecular complexity index is 660. The summed E-state index contributed by atoms with van der Waals surface area (Å²) in [5.41, 5.74) is 1.80. The van der Waals surface area contributed by atoms with Gasteiger partial charge in [-0.2, -0.15) is 0 Å². The van der Waals surface area contributed by atoms with Gasteiger partial charge < -0.3 is 9.80 Å². The van der Waals surface area contributed by atoms with Crippen LogP contribution in [0.25, 0.3) is 0 Å². The van der Waals surface area contributed by atoms with Gasteiger partial charge in [0.1, 0.15) is 0 Å². The van der Waals surface area contributed by atoms with Crippen LogP contribution in [-0.2, 0) is 16.1 Å². The Labute approximate surface area is 155 Å². The zero-order valence-corrected chi connectivity index (χ0v) is 16.1. The first-order valence-electron chi connectivity index (χ1n) is 9.35. The van der Waals surface area contributed by atoms with E-state index in [1.807, 2.05) is 11.8 Å². The summed E-state index contributed by atoms with van der Waals surface area (Å²) in [6, 6.07) is 0. The van der Waals surface area contributed by atoms with Crippen LogP contribution in [0.4, 0.5) is 0 Å². The van der Waals surface area contributed by atoms with E-state index in [1.54, 1.807) is 31.4 Å². The summed E-state index contributed by atoms with van der Waals surface area (Å²) >= 11 is 0. The van der Waals surface area contributed by atoms with E-state index in [1.165, 1.54) is 0 Å². The van der Waals surface area contributed by atoms with Gasteiger partial charge in [0.2, 0.25) is 11.8 Å². The molecule has 0 aliphatic carbocycles. The zero-order chi connectivity index (χ0) is 18.7. The predicted molar refractivity (Wildman–Crippen MR) is 98.2 cm³/mol. The van der Waals surface area contributed by atoms with Crippen LogP contribution in [-0.4, -0.2) is 76.8 Å². The molecular weight excluding hydrogens is 330 g/mol. The van der Waals surface area contributed by atoms with Crippen molar-refractivity contribution in [2.24, 2.45) is 5.41 Å². The molecule has 142 valence electrons. The van der Waals surface area contributed by atoms with Crippen LogP contribution in [0, 0.1) is 12.3 Å². The molecule has 1 aromatic rings. The van der Waals surface area contributed by atoms with Crippen LogP contribution >= 0.6 is 0 Å². The van der Waals surface area contributed by atoms with E-state index in [0.29, 0.717) is 19.5 Å². The number of hydrogen-bond acceptors (Lipinski definition) is 5. The molecule has 0 bridgehead atoms. The fourth-order valence-corrected chi connectivity index (χ4v) is 4.05. The van der Waals surface area contributed by atoms with Crippen molar-refractivity contribution in [2.45, 2.75) is 39.2 Å². The molecule has 7 nitrogen and oxygen atoms in total. The fourth-order valence-electron chi connectivity index (χ4n) is 4.05. The van der Waals surface area contributed by atoms with Crippen molar-refractivity contribution in [2.75, 3.05) is 40.3 Å². The van der Waals surface area contributed by atoms with Crippen LogP contribution in [0.15, 0.2) is 12.4 Å². The first-order valence-corrected chi connectivity index (χ1v) is 9.35. The largest absolute Gasteiger partial charge is 0.348 e. The number of aryl methyl sites for hydroxylation is 1. The normalized spacial score (nSPS) is 24.1. The predicted octanol–water partition coefficient (Wildman–Crippen LogP) is 1.08. The lowest BCUT2D eigenvalue weighted by molar-refractivity contribution is -0.141. The fraction of sp³-hybridized carbons (Fsp3) is 0.684. The Hall–Kier alpha value is -2.02. The zero-order valence-electron chi connectivity index (χ0n) is 16.1. The van der Waals surface area contributed by atoms with Gasteiger partial charge in [-0.1, -0.05) is 0 Å². The monoisotopic (exact) mass is 359 g/mol. The number of nitrogens with zero attached hydrogens (tertiary/aromatic N) is 5. The van der Waals surface area contributed by atoms with E-state index < -0.39 is 0 Å². The van der Waals surface area contributed by atoms with Gasteiger partial charge in [0.15, 0.2) is 0 Å². The van der Waals surface area contributed by atoms with Crippen LogP contribution in [0.3, 0.4) is 0 Å². The Balaban J connectivity index is 1.66. The molecule has 2 aliphatic rings. The van der Waals surface area contributed by atoms with Gasteiger partial charge in [0.25, 0.3) is 0 Å². The standard InChI is InChI=1S/C19H29N5O2/c1-15-9-21-16(10-20-15)11-24-14-19(7-5-17(24)25)6-4-8-23(13-19)12-18(26)22(2)3/h9-10H,4-8,11-14H2,1-3H3. The molecule has 2 aliphatic heterocycles. The number of likely N-dealkylation sites (tertiary alicyclic amines) is 2. The maximum Gasteiger partial charge on any atom is 0.236 e. The highest BCUT2D eigenvalue weighted by Crippen LogP contribution is 2.39. The molecule has 0 N–H and O–H groups in total. The minimum Gasteiger partial charge on any atom is -0.348 e. The maximum atomic E-state index is 12.4. The number of piperidine rings is 2. The van der Waals surface area contributed by atoms with Crippen molar-refractivity contribution < 1.29 is 9.59 Å². The number of carbonyl (C=O) groups excluding carboxylic acids is 2. The van der Waals surface area contributed by atoms with Crippen LogP contribution in [0.1, 0.15) is 37.1 Å². The quantitative estimate of drug-likeness (QED) is 0.805. The van der Waals surface area contributed by atoms with E-state index in [2.05, 4.69) is 14.9 Å². The van der Waals surface area contributed by atoms with Crippen molar-refractivity contribution in [3.8, 4) is 0 Å². The highest BCUT2D eigenvalue weighted by Gasteiger charge is 2.42. The molecule has 2 fully saturated rings. The lowest BCUT2D eigenvalue weighted by Crippen LogP contribution is -2.55. The van der Waals surface area contributed by atoms with Crippen molar-refractivity contribution in [3.63, 3.8) is 0 Å². The molecule has 1 spiro atoms. The number of hydrogen-bond donors (Lipinski definition) is 0. The van der Waals surface area contributed by atoms with Crippen LogP contribution < -0.4 is 0 Å². The van der Waals surface area contributed by atoms with Gasteiger partial charge in [0, 0.05) is 45.2 Å². The molecule has 26 heavy (non-hydrogen) atoms. The molecule has 3 rings (SSSR count). The molecule has 0 radical (unpaired) electrons. The van der Waals surface area contributed by atoms with Crippen molar-refractivity contribution in [1.29, 1.82) is 0 Å². The molecule has 1 atom stereocenters. The summed E-state index contributed by atoms with van der Waals surface area (Å²) in [6.45, 7) is 5.47. The third-order valence-electron chi connectivity index (χ3n) is 5.53. The van der Waals surface area contributed by atoms with Crippen molar-refractivity contribution >= 4 is 11.8 Å². The highest BCUT2D eigenvalue weighted by molar-refractivity contribution is 5.78. The third-order valence-corrected chi connectivity index (χ3v) is 5.53. The molecule has 0 aromatic carbocycles. The van der Waals surface area contributed by atoms with Gasteiger partial charge in [0.05, 0.1) is 30.7 Å². The number of rotatable bonds is 4. The molecule has 2 saturated heterocycles. The lowest BCUT2D eigenvalue weighted by Gasteiger charge is -2.48. The first kappa shape index (κ1) is 18.8. The number of likely N-dealkylation sites (N-methyl/N-ethyl adjacent to an activating group) is 1. The van der Waals surface area contributed by atoms with Gasteiger partial charge >= 0.3 is 0 Å². The van der Waals surface area contributed by atoms with E-state index in [0.717, 1.165) is 50.3 Å². The molecule has 0 saturated carbocycles. The Morgan fingerprint density at radius 2 is 2.04 bits per heavy atom. The number of carbonyl (C=O) groups is 2. The van der Waals surface area contributed by atoms with Gasteiger partial charge in [-0.25, -0.2) is 0 Å². The molecule has 7 heteroatoms. The van der Waals surface area contributed by atoms with E-state index in [-0.39, 0.29) is 17.2 Å². The maximum absolute atomic E-state index is 12.4. The van der Waals surface area contributed by atoms with Gasteiger partial charge in [-0.15, -0.1) is 0 Å². The van der Waals surface area contributed by atoms with Crippen LogP contribution in [0.2, 0.25) is 0 Å². The first-order chi connectivity index (χ1) is 12.4. The Morgan fingerprint density at radius 1 is 1.23 bits per heavy atom. The highest BCUT2D eigenvalue weighted by atomic mass is 16.2. The molecule has 1 aromatic heterocycles. The minimum absolute atomic E-state index is 0.0941. The average Bonchev–Trinajstić information content (AvgIpc) is 2.60. The van der Waals surface area contributed by atoms with E-state index in [4.69, 9.17) is 0 Å². The SMILES string of the molecule is Cc1cnc(CN2CC3(CCCN(CC(=O)N(C)C)C3)CCC2=O)cn1. The van der Waals surface area contributed by atoms with Gasteiger partial charge in [-0.05, 0) is 32.7 Å². The molecule has 1 unspecified atom stereocenters. The van der Waals surface area contributed by atoms with E-state index in [9.17, 15) is 9.59 Å². The molecule has 2 amide bonds. The second-order valence-electron chi connectivity index (χ2n) is 8.00. The van der Waals surface area contributed by atoms with Crippen molar-refractivity contribution in [3.05, 3.63) is 23.8 Å². The molecule has 3 heterocycles. The molecular formula is C19H29N5O2. The summed E-state index contributed by atoms with van der Waals surface area (Å²) in [5.74, 6) is 0.334. The number of amides is 2. The summed E-state index contributed by atoms with van der Waals surface area (Å²) in [7, 11) is 3.59. The summed E-state index contributed by atoms with van der Waals surface area (Å²) in [4.78, 5) is 39.0. The van der Waals surface area contributed by atoms with E-state index >= 15 is 0 Å². The van der Waals surface area contributed by atoms with Gasteiger partial charge in [-0.3, -0.25) is 24.5 Å². The lowest BCUT2D eigenvalue weighted by atomic mass is 9.73. The third kappa shape index (κ3) is 4.38. The number of aromatic nitrogens is 2. The summed E-state index contributed by atoms with van der Waals surface area (Å²) < 4.78 is 0. The van der Waals surface area contributed by atoms with Crippen LogP contribution in [0.5, 0.6) is 0 Å². The summed E-state index contributed by atoms with van der Waals surface area (Å²) in [6.07, 6.45) is 7.18. The van der Waals surface area contributed by atoms with Crippen molar-refractivity contribution in [1.82, 2.24) is 24.7 Å². The summed E-state index contributed by atoms with van der Waals surface area (Å²) in [5, 5.41) is 0. The smallest absolute Gasteiger partial charge is 0.236 e. The Kier molecular flexibility index (Phi) is 5.55. The average molecular weight is 359 g/mol. The second-order valence-corrected chi connectivity index (χ2v) is 8.00. The topological polar surface area (TPSA) is 69.6 Å².